The lowest BCUT2D eigenvalue weighted by molar-refractivity contribution is 0.262. The largest absolute Gasteiger partial charge is 0.323 e. The molecule has 2 amide bonds. The van der Waals surface area contributed by atoms with Crippen LogP contribution in [0.5, 0.6) is 0 Å². The number of carbonyl (C=O) groups excluding carboxylic acids is 1. The van der Waals surface area contributed by atoms with Crippen molar-refractivity contribution in [2.24, 2.45) is 0 Å². The van der Waals surface area contributed by atoms with Gasteiger partial charge in [-0.1, -0.05) is 35.9 Å². The average molecular weight is 308 g/mol. The van der Waals surface area contributed by atoms with E-state index in [4.69, 9.17) is 0 Å². The van der Waals surface area contributed by atoms with Crippen LogP contribution in [0.2, 0.25) is 0 Å². The molecule has 0 unspecified atom stereocenters. The van der Waals surface area contributed by atoms with Crippen molar-refractivity contribution < 1.29 is 4.79 Å². The van der Waals surface area contributed by atoms with Crippen molar-refractivity contribution in [2.75, 3.05) is 10.6 Å². The smallest absolute Gasteiger partial charge is 0.308 e. The standard InChI is InChI=1S/C18H16N2OS/c1-13-7-9-15(10-8-13)19-18(21)20-16-5-2-4-14(12-16)17-6-3-11-22-17/h2-12H,1H3,(H2,19,20,21). The molecule has 0 aliphatic carbocycles. The van der Waals surface area contributed by atoms with Crippen LogP contribution in [0.3, 0.4) is 0 Å². The van der Waals surface area contributed by atoms with Gasteiger partial charge in [0.25, 0.3) is 0 Å². The molecule has 4 heteroatoms. The molecule has 0 spiro atoms. The zero-order valence-corrected chi connectivity index (χ0v) is 13.0. The molecule has 0 atom stereocenters. The van der Waals surface area contributed by atoms with E-state index in [0.717, 1.165) is 22.5 Å². The zero-order chi connectivity index (χ0) is 15.4. The van der Waals surface area contributed by atoms with Crippen LogP contribution in [0.1, 0.15) is 5.56 Å². The first-order valence-corrected chi connectivity index (χ1v) is 7.87. The highest BCUT2D eigenvalue weighted by atomic mass is 32.1. The molecule has 2 aromatic carbocycles. The molecule has 0 radical (unpaired) electrons. The second-order valence-corrected chi connectivity index (χ2v) is 5.95. The lowest BCUT2D eigenvalue weighted by Crippen LogP contribution is -2.19. The van der Waals surface area contributed by atoms with Crippen LogP contribution in [0.4, 0.5) is 16.2 Å². The summed E-state index contributed by atoms with van der Waals surface area (Å²) in [6, 6.07) is 19.4. The van der Waals surface area contributed by atoms with Gasteiger partial charge in [-0.15, -0.1) is 11.3 Å². The number of benzene rings is 2. The predicted molar refractivity (Wildman–Crippen MR) is 93.6 cm³/mol. The second-order valence-electron chi connectivity index (χ2n) is 5.00. The number of rotatable bonds is 3. The third-order valence-corrected chi connectivity index (χ3v) is 4.15. The molecule has 22 heavy (non-hydrogen) atoms. The molecule has 0 fully saturated rings. The van der Waals surface area contributed by atoms with Gasteiger partial charge in [0.05, 0.1) is 0 Å². The molecule has 0 saturated heterocycles. The maximum atomic E-state index is 12.0. The van der Waals surface area contributed by atoms with Gasteiger partial charge in [-0.3, -0.25) is 0 Å². The maximum Gasteiger partial charge on any atom is 0.323 e. The molecule has 110 valence electrons. The first-order chi connectivity index (χ1) is 10.7. The summed E-state index contributed by atoms with van der Waals surface area (Å²) >= 11 is 1.68. The van der Waals surface area contributed by atoms with Gasteiger partial charge in [0.1, 0.15) is 0 Å². The topological polar surface area (TPSA) is 41.1 Å². The number of hydrogen-bond donors (Lipinski definition) is 2. The van der Waals surface area contributed by atoms with Gasteiger partial charge in [0, 0.05) is 16.3 Å². The van der Waals surface area contributed by atoms with Crippen molar-refractivity contribution in [1.29, 1.82) is 0 Å². The normalized spacial score (nSPS) is 10.2. The maximum absolute atomic E-state index is 12.0. The summed E-state index contributed by atoms with van der Waals surface area (Å²) in [5, 5.41) is 7.73. The first-order valence-electron chi connectivity index (χ1n) is 6.99. The fraction of sp³-hybridized carbons (Fsp3) is 0.0556. The van der Waals surface area contributed by atoms with E-state index >= 15 is 0 Å². The van der Waals surface area contributed by atoms with Crippen molar-refractivity contribution in [3.05, 3.63) is 71.6 Å². The summed E-state index contributed by atoms with van der Waals surface area (Å²) in [5.41, 5.74) is 3.81. The molecule has 3 rings (SSSR count). The van der Waals surface area contributed by atoms with Gasteiger partial charge in [-0.05, 0) is 48.2 Å². The molecular weight excluding hydrogens is 292 g/mol. The molecule has 3 nitrogen and oxygen atoms in total. The Morgan fingerprint density at radius 1 is 0.909 bits per heavy atom. The lowest BCUT2D eigenvalue weighted by Gasteiger charge is -2.09. The molecule has 1 aromatic heterocycles. The molecule has 1 heterocycles. The quantitative estimate of drug-likeness (QED) is 0.671. The summed E-state index contributed by atoms with van der Waals surface area (Å²) in [7, 11) is 0. The van der Waals surface area contributed by atoms with Crippen LogP contribution in [-0.4, -0.2) is 6.03 Å². The van der Waals surface area contributed by atoms with Crippen LogP contribution in [0.25, 0.3) is 10.4 Å². The third-order valence-electron chi connectivity index (χ3n) is 3.24. The number of nitrogens with one attached hydrogen (secondary N) is 2. The fourth-order valence-corrected chi connectivity index (χ4v) is 2.85. The number of amides is 2. The number of thiophene rings is 1. The van der Waals surface area contributed by atoms with E-state index in [1.165, 1.54) is 4.88 Å². The molecule has 2 N–H and O–H groups in total. The minimum atomic E-state index is -0.243. The van der Waals surface area contributed by atoms with E-state index in [2.05, 4.69) is 16.7 Å². The minimum absolute atomic E-state index is 0.243. The van der Waals surface area contributed by atoms with Crippen molar-refractivity contribution in [3.63, 3.8) is 0 Å². The summed E-state index contributed by atoms with van der Waals surface area (Å²) in [6.07, 6.45) is 0. The third kappa shape index (κ3) is 3.54. The Labute approximate surface area is 133 Å². The Hall–Kier alpha value is -2.59. The number of anilines is 2. The highest BCUT2D eigenvalue weighted by molar-refractivity contribution is 7.13. The number of hydrogen-bond acceptors (Lipinski definition) is 2. The van der Waals surface area contributed by atoms with Crippen molar-refractivity contribution in [2.45, 2.75) is 6.92 Å². The Bertz CT molecular complexity index is 764. The van der Waals surface area contributed by atoms with Gasteiger partial charge in [0.2, 0.25) is 0 Å². The second kappa shape index (κ2) is 6.45. The molecule has 0 aliphatic rings. The summed E-state index contributed by atoms with van der Waals surface area (Å²) in [6.45, 7) is 2.01. The lowest BCUT2D eigenvalue weighted by atomic mass is 10.1. The van der Waals surface area contributed by atoms with Gasteiger partial charge < -0.3 is 10.6 Å². The van der Waals surface area contributed by atoms with E-state index in [0.29, 0.717) is 0 Å². The van der Waals surface area contributed by atoms with Gasteiger partial charge in [-0.25, -0.2) is 4.79 Å². The summed E-state index contributed by atoms with van der Waals surface area (Å²) in [5.74, 6) is 0. The zero-order valence-electron chi connectivity index (χ0n) is 12.2. The Balaban J connectivity index is 1.69. The average Bonchev–Trinajstić information content (AvgIpc) is 3.04. The van der Waals surface area contributed by atoms with Crippen LogP contribution < -0.4 is 10.6 Å². The molecule has 3 aromatic rings. The van der Waals surface area contributed by atoms with Crippen LogP contribution in [-0.2, 0) is 0 Å². The van der Waals surface area contributed by atoms with Crippen molar-refractivity contribution in [3.8, 4) is 10.4 Å². The van der Waals surface area contributed by atoms with E-state index in [-0.39, 0.29) is 6.03 Å². The van der Waals surface area contributed by atoms with Gasteiger partial charge in [0.15, 0.2) is 0 Å². The van der Waals surface area contributed by atoms with E-state index in [9.17, 15) is 4.79 Å². The number of urea groups is 1. The monoisotopic (exact) mass is 308 g/mol. The molecular formula is C18H16N2OS. The van der Waals surface area contributed by atoms with Crippen LogP contribution in [0, 0.1) is 6.92 Å². The number of aryl methyl sites for hydroxylation is 1. The van der Waals surface area contributed by atoms with Crippen LogP contribution >= 0.6 is 11.3 Å². The summed E-state index contributed by atoms with van der Waals surface area (Å²) in [4.78, 5) is 13.2. The Morgan fingerprint density at radius 2 is 1.68 bits per heavy atom. The van der Waals surface area contributed by atoms with E-state index in [1.54, 1.807) is 11.3 Å². The minimum Gasteiger partial charge on any atom is -0.308 e. The predicted octanol–water partition coefficient (Wildman–Crippen LogP) is 5.37. The first kappa shape index (κ1) is 14.4. The van der Waals surface area contributed by atoms with Gasteiger partial charge in [-0.2, -0.15) is 0 Å². The van der Waals surface area contributed by atoms with E-state index < -0.39 is 0 Å². The highest BCUT2D eigenvalue weighted by Crippen LogP contribution is 2.26. The molecule has 0 bridgehead atoms. The van der Waals surface area contributed by atoms with Crippen molar-refractivity contribution in [1.82, 2.24) is 0 Å². The Morgan fingerprint density at radius 3 is 2.41 bits per heavy atom. The SMILES string of the molecule is Cc1ccc(NC(=O)Nc2cccc(-c3cccs3)c2)cc1. The van der Waals surface area contributed by atoms with E-state index in [1.807, 2.05) is 66.9 Å². The number of carbonyl (C=O) groups is 1. The van der Waals surface area contributed by atoms with Crippen LogP contribution in [0.15, 0.2) is 66.0 Å². The summed E-state index contributed by atoms with van der Waals surface area (Å²) < 4.78 is 0. The Kier molecular flexibility index (Phi) is 4.21. The molecule has 0 saturated carbocycles. The van der Waals surface area contributed by atoms with Crippen molar-refractivity contribution >= 4 is 28.7 Å². The van der Waals surface area contributed by atoms with Gasteiger partial charge >= 0.3 is 6.03 Å². The molecule has 0 aliphatic heterocycles. The fourth-order valence-electron chi connectivity index (χ4n) is 2.12. The highest BCUT2D eigenvalue weighted by Gasteiger charge is 2.04.